The molecular weight excluding hydrogens is 253 g/mol. The van der Waals surface area contributed by atoms with Crippen LogP contribution in [0.25, 0.3) is 0 Å². The molecule has 1 aromatic heterocycles. The fraction of sp³-hybridized carbons (Fsp3) is 0.308. The fourth-order valence-electron chi connectivity index (χ4n) is 1.73. The zero-order valence-corrected chi connectivity index (χ0v) is 11.1. The Labute approximate surface area is 111 Å². The van der Waals surface area contributed by atoms with Crippen LogP contribution in [0, 0.1) is 12.7 Å². The Morgan fingerprint density at radius 2 is 2.06 bits per heavy atom. The van der Waals surface area contributed by atoms with Crippen LogP contribution < -0.4 is 5.32 Å². The van der Waals surface area contributed by atoms with Gasteiger partial charge in [-0.1, -0.05) is 11.6 Å². The molecule has 2 rings (SSSR count). The number of rotatable bonds is 4. The number of nitrogens with zero attached hydrogens (tertiary/aromatic N) is 2. The summed E-state index contributed by atoms with van der Waals surface area (Å²) in [7, 11) is 1.90. The number of aromatic nitrogens is 2. The van der Waals surface area contributed by atoms with Gasteiger partial charge < -0.3 is 5.32 Å². The van der Waals surface area contributed by atoms with Gasteiger partial charge in [-0.2, -0.15) is 5.10 Å². The van der Waals surface area contributed by atoms with Gasteiger partial charge in [0.05, 0.1) is 6.20 Å². The molecule has 0 radical (unpaired) electrons. The van der Waals surface area contributed by atoms with E-state index in [9.17, 15) is 4.39 Å². The van der Waals surface area contributed by atoms with Gasteiger partial charge in [-0.25, -0.2) is 4.39 Å². The maximum atomic E-state index is 13.5. The lowest BCUT2D eigenvalue weighted by Crippen LogP contribution is -2.14. The van der Waals surface area contributed by atoms with E-state index in [0.29, 0.717) is 23.7 Å². The van der Waals surface area contributed by atoms with E-state index in [1.807, 2.05) is 24.9 Å². The molecular formula is C13H15ClFN3. The molecule has 0 unspecified atom stereocenters. The number of nitrogens with one attached hydrogen (secondary N) is 1. The van der Waals surface area contributed by atoms with Crippen molar-refractivity contribution >= 4 is 11.6 Å². The van der Waals surface area contributed by atoms with Crippen LogP contribution in [-0.2, 0) is 20.1 Å². The summed E-state index contributed by atoms with van der Waals surface area (Å²) in [5, 5.41) is 7.89. The summed E-state index contributed by atoms with van der Waals surface area (Å²) in [6.45, 7) is 3.11. The van der Waals surface area contributed by atoms with Crippen molar-refractivity contribution in [2.75, 3.05) is 0 Å². The molecule has 2 aromatic rings. The molecule has 3 nitrogen and oxygen atoms in total. The summed E-state index contributed by atoms with van der Waals surface area (Å²) in [6, 6.07) is 4.57. The molecule has 0 aliphatic rings. The standard InChI is InChI=1S/C13H15ClFN3/c1-9-11(8-17-18(9)2)7-16-6-10-5-12(14)3-4-13(10)15/h3-5,8,16H,6-7H2,1-2H3. The Balaban J connectivity index is 1.96. The molecule has 0 spiro atoms. The van der Waals surface area contributed by atoms with Crippen LogP contribution in [0.4, 0.5) is 4.39 Å². The largest absolute Gasteiger partial charge is 0.308 e. The summed E-state index contributed by atoms with van der Waals surface area (Å²) >= 11 is 5.83. The molecule has 0 aliphatic carbocycles. The lowest BCUT2D eigenvalue weighted by molar-refractivity contribution is 0.587. The molecule has 96 valence electrons. The van der Waals surface area contributed by atoms with Crippen LogP contribution in [0.2, 0.25) is 5.02 Å². The molecule has 0 bridgehead atoms. The van der Waals surface area contributed by atoms with Gasteiger partial charge in [-0.3, -0.25) is 4.68 Å². The predicted molar refractivity (Wildman–Crippen MR) is 69.9 cm³/mol. The van der Waals surface area contributed by atoms with Gasteiger partial charge >= 0.3 is 0 Å². The molecule has 1 N–H and O–H groups in total. The van der Waals surface area contributed by atoms with Crippen LogP contribution in [0.1, 0.15) is 16.8 Å². The average molecular weight is 268 g/mol. The van der Waals surface area contributed by atoms with E-state index in [2.05, 4.69) is 10.4 Å². The quantitative estimate of drug-likeness (QED) is 0.923. The van der Waals surface area contributed by atoms with Crippen molar-refractivity contribution in [1.82, 2.24) is 15.1 Å². The van der Waals surface area contributed by atoms with E-state index in [0.717, 1.165) is 11.3 Å². The molecule has 0 saturated carbocycles. The first-order chi connectivity index (χ1) is 8.58. The third kappa shape index (κ3) is 2.89. The Hall–Kier alpha value is -1.39. The minimum Gasteiger partial charge on any atom is -0.308 e. The van der Waals surface area contributed by atoms with Crippen LogP contribution in [0.15, 0.2) is 24.4 Å². The summed E-state index contributed by atoms with van der Waals surface area (Å²) in [5.74, 6) is -0.241. The number of aryl methyl sites for hydroxylation is 1. The van der Waals surface area contributed by atoms with Gasteiger partial charge in [0.2, 0.25) is 0 Å². The van der Waals surface area contributed by atoms with E-state index in [1.165, 1.54) is 6.07 Å². The minimum absolute atomic E-state index is 0.241. The smallest absolute Gasteiger partial charge is 0.127 e. The lowest BCUT2D eigenvalue weighted by atomic mass is 10.2. The first-order valence-electron chi connectivity index (χ1n) is 5.70. The van der Waals surface area contributed by atoms with E-state index in [4.69, 9.17) is 11.6 Å². The van der Waals surface area contributed by atoms with Gasteiger partial charge in [0.15, 0.2) is 0 Å². The number of benzene rings is 1. The molecule has 0 amide bonds. The van der Waals surface area contributed by atoms with Gasteiger partial charge in [0.1, 0.15) is 5.82 Å². The van der Waals surface area contributed by atoms with Crippen molar-refractivity contribution in [3.05, 3.63) is 52.1 Å². The highest BCUT2D eigenvalue weighted by Crippen LogP contribution is 2.15. The van der Waals surface area contributed by atoms with Crippen molar-refractivity contribution in [3.63, 3.8) is 0 Å². The van der Waals surface area contributed by atoms with E-state index < -0.39 is 0 Å². The Bertz CT molecular complexity index is 551. The van der Waals surface area contributed by atoms with E-state index >= 15 is 0 Å². The van der Waals surface area contributed by atoms with E-state index in [-0.39, 0.29) is 5.82 Å². The topological polar surface area (TPSA) is 29.9 Å². The molecule has 1 heterocycles. The van der Waals surface area contributed by atoms with Crippen molar-refractivity contribution < 1.29 is 4.39 Å². The van der Waals surface area contributed by atoms with Crippen LogP contribution >= 0.6 is 11.6 Å². The van der Waals surface area contributed by atoms with Gasteiger partial charge in [-0.15, -0.1) is 0 Å². The molecule has 18 heavy (non-hydrogen) atoms. The molecule has 5 heteroatoms. The van der Waals surface area contributed by atoms with Crippen molar-refractivity contribution in [2.24, 2.45) is 7.05 Å². The maximum absolute atomic E-state index is 13.5. The van der Waals surface area contributed by atoms with E-state index in [1.54, 1.807) is 12.1 Å². The highest BCUT2D eigenvalue weighted by molar-refractivity contribution is 6.30. The fourth-order valence-corrected chi connectivity index (χ4v) is 1.92. The third-order valence-electron chi connectivity index (χ3n) is 2.98. The molecule has 0 fully saturated rings. The Morgan fingerprint density at radius 3 is 2.72 bits per heavy atom. The SMILES string of the molecule is Cc1c(CNCc2cc(Cl)ccc2F)cnn1C. The second kappa shape index (κ2) is 5.50. The molecule has 1 aromatic carbocycles. The van der Waals surface area contributed by atoms with Gasteiger partial charge in [-0.05, 0) is 25.1 Å². The lowest BCUT2D eigenvalue weighted by Gasteiger charge is -2.06. The summed E-state index contributed by atoms with van der Waals surface area (Å²) in [5.41, 5.74) is 2.79. The Morgan fingerprint density at radius 1 is 1.33 bits per heavy atom. The summed E-state index contributed by atoms with van der Waals surface area (Å²) in [4.78, 5) is 0. The summed E-state index contributed by atoms with van der Waals surface area (Å²) < 4.78 is 15.3. The van der Waals surface area contributed by atoms with Gasteiger partial charge in [0, 0.05) is 42.0 Å². The second-order valence-corrected chi connectivity index (χ2v) is 4.65. The molecule has 0 saturated heterocycles. The second-order valence-electron chi connectivity index (χ2n) is 4.22. The number of hydrogen-bond donors (Lipinski definition) is 1. The molecule has 0 aliphatic heterocycles. The van der Waals surface area contributed by atoms with Crippen molar-refractivity contribution in [1.29, 1.82) is 0 Å². The highest BCUT2D eigenvalue weighted by Gasteiger charge is 2.05. The first kappa shape index (κ1) is 13.1. The van der Waals surface area contributed by atoms with Gasteiger partial charge in [0.25, 0.3) is 0 Å². The molecule has 0 atom stereocenters. The maximum Gasteiger partial charge on any atom is 0.127 e. The predicted octanol–water partition coefficient (Wildman–Crippen LogP) is 2.81. The number of halogens is 2. The zero-order chi connectivity index (χ0) is 13.1. The summed E-state index contributed by atoms with van der Waals surface area (Å²) in [6.07, 6.45) is 1.82. The zero-order valence-electron chi connectivity index (χ0n) is 10.4. The van der Waals surface area contributed by atoms with Crippen LogP contribution in [0.3, 0.4) is 0 Å². The highest BCUT2D eigenvalue weighted by atomic mass is 35.5. The Kier molecular flexibility index (Phi) is 3.99. The first-order valence-corrected chi connectivity index (χ1v) is 6.08. The van der Waals surface area contributed by atoms with Crippen molar-refractivity contribution in [2.45, 2.75) is 20.0 Å². The monoisotopic (exact) mass is 267 g/mol. The third-order valence-corrected chi connectivity index (χ3v) is 3.21. The average Bonchev–Trinajstić information content (AvgIpc) is 2.65. The van der Waals surface area contributed by atoms with Crippen LogP contribution in [-0.4, -0.2) is 9.78 Å². The van der Waals surface area contributed by atoms with Crippen LogP contribution in [0.5, 0.6) is 0 Å². The number of hydrogen-bond acceptors (Lipinski definition) is 2. The normalized spacial score (nSPS) is 10.9. The minimum atomic E-state index is -0.241. The van der Waals surface area contributed by atoms with Crippen molar-refractivity contribution in [3.8, 4) is 0 Å².